The number of rotatable bonds is 5. The molecule has 1 heterocycles. The quantitative estimate of drug-likeness (QED) is 0.705. The summed E-state index contributed by atoms with van der Waals surface area (Å²) >= 11 is 0. The average Bonchev–Trinajstić information content (AvgIpc) is 2.56. The van der Waals surface area contributed by atoms with Gasteiger partial charge in [-0.2, -0.15) is 0 Å². The highest BCUT2D eigenvalue weighted by molar-refractivity contribution is 5.92. The molecule has 0 aliphatic heterocycles. The molecule has 6 heteroatoms. The molecule has 6 nitrogen and oxygen atoms in total. The first-order valence-corrected chi connectivity index (χ1v) is 7.02. The van der Waals surface area contributed by atoms with Crippen LogP contribution in [0.5, 0.6) is 11.5 Å². The number of carbonyl (C=O) groups is 1. The molecule has 23 heavy (non-hydrogen) atoms. The number of nitrogens with zero attached hydrogens (tertiary/aromatic N) is 2. The molecular weight excluding hydrogens is 294 g/mol. The summed E-state index contributed by atoms with van der Waals surface area (Å²) in [6, 6.07) is 10.7. The number of phenols is 1. The van der Waals surface area contributed by atoms with Crippen LogP contribution in [0.1, 0.15) is 5.56 Å². The highest BCUT2D eigenvalue weighted by Crippen LogP contribution is 2.33. The zero-order valence-corrected chi connectivity index (χ0v) is 12.5. The van der Waals surface area contributed by atoms with Crippen LogP contribution >= 0.6 is 0 Å². The predicted octanol–water partition coefficient (Wildman–Crippen LogP) is 2.83. The fourth-order valence-corrected chi connectivity index (χ4v) is 2.29. The van der Waals surface area contributed by atoms with Crippen LogP contribution in [0.4, 0.5) is 11.5 Å². The van der Waals surface area contributed by atoms with E-state index in [0.29, 0.717) is 23.5 Å². The van der Waals surface area contributed by atoms with Gasteiger partial charge in [0.15, 0.2) is 11.5 Å². The Hall–Kier alpha value is -3.15. The Balaban J connectivity index is 1.97. The lowest BCUT2D eigenvalue weighted by Crippen LogP contribution is -1.97. The molecule has 2 aromatic carbocycles. The largest absolute Gasteiger partial charge is 0.504 e. The molecule has 0 spiro atoms. The van der Waals surface area contributed by atoms with Gasteiger partial charge in [-0.25, -0.2) is 9.97 Å². The van der Waals surface area contributed by atoms with Crippen molar-refractivity contribution in [2.45, 2.75) is 6.42 Å². The second kappa shape index (κ2) is 6.31. The summed E-state index contributed by atoms with van der Waals surface area (Å²) in [5.74, 6) is 0.996. The number of hydrogen-bond acceptors (Lipinski definition) is 6. The molecule has 0 aliphatic rings. The van der Waals surface area contributed by atoms with Gasteiger partial charge < -0.3 is 20.0 Å². The maximum atomic E-state index is 10.5. The minimum Gasteiger partial charge on any atom is -0.504 e. The van der Waals surface area contributed by atoms with Crippen molar-refractivity contribution in [1.29, 1.82) is 0 Å². The van der Waals surface area contributed by atoms with E-state index in [4.69, 9.17) is 4.74 Å². The summed E-state index contributed by atoms with van der Waals surface area (Å²) in [5, 5.41) is 13.8. The number of aldehydes is 1. The highest BCUT2D eigenvalue weighted by atomic mass is 16.5. The zero-order valence-electron chi connectivity index (χ0n) is 12.5. The van der Waals surface area contributed by atoms with Gasteiger partial charge >= 0.3 is 0 Å². The number of anilines is 2. The van der Waals surface area contributed by atoms with Crippen LogP contribution in [0.3, 0.4) is 0 Å². The third kappa shape index (κ3) is 3.06. The van der Waals surface area contributed by atoms with Crippen molar-refractivity contribution in [3.8, 4) is 11.5 Å². The van der Waals surface area contributed by atoms with Crippen molar-refractivity contribution in [3.05, 3.63) is 48.3 Å². The van der Waals surface area contributed by atoms with Gasteiger partial charge in [0.1, 0.15) is 18.4 Å². The number of benzene rings is 2. The Labute approximate surface area is 132 Å². The van der Waals surface area contributed by atoms with Gasteiger partial charge in [0.25, 0.3) is 0 Å². The minimum atomic E-state index is 0.0304. The van der Waals surface area contributed by atoms with Crippen LogP contribution in [0, 0.1) is 0 Å². The molecule has 0 saturated heterocycles. The van der Waals surface area contributed by atoms with E-state index >= 15 is 0 Å². The number of fused-ring (bicyclic) bond motifs is 1. The first-order chi connectivity index (χ1) is 11.2. The lowest BCUT2D eigenvalue weighted by molar-refractivity contribution is -0.107. The van der Waals surface area contributed by atoms with Crippen molar-refractivity contribution < 1.29 is 14.6 Å². The van der Waals surface area contributed by atoms with E-state index in [2.05, 4.69) is 15.3 Å². The Kier molecular flexibility index (Phi) is 4.05. The average molecular weight is 309 g/mol. The Bertz CT molecular complexity index is 848. The molecule has 0 fully saturated rings. The molecule has 1 aromatic heterocycles. The Morgan fingerprint density at radius 2 is 2.00 bits per heavy atom. The number of ether oxygens (including phenoxy) is 1. The normalized spacial score (nSPS) is 10.5. The van der Waals surface area contributed by atoms with E-state index in [1.165, 1.54) is 19.5 Å². The van der Waals surface area contributed by atoms with Crippen LogP contribution in [-0.4, -0.2) is 28.5 Å². The minimum absolute atomic E-state index is 0.0304. The predicted molar refractivity (Wildman–Crippen MR) is 87.2 cm³/mol. The first-order valence-electron chi connectivity index (χ1n) is 7.02. The number of phenolic OH excluding ortho intramolecular Hbond substituents is 1. The van der Waals surface area contributed by atoms with Gasteiger partial charge in [0, 0.05) is 23.6 Å². The number of nitrogens with one attached hydrogen (secondary N) is 1. The molecule has 3 rings (SSSR count). The van der Waals surface area contributed by atoms with E-state index in [-0.39, 0.29) is 5.75 Å². The van der Waals surface area contributed by atoms with Crippen LogP contribution < -0.4 is 10.1 Å². The van der Waals surface area contributed by atoms with Crippen molar-refractivity contribution in [2.24, 2.45) is 0 Å². The molecule has 0 radical (unpaired) electrons. The molecule has 2 N–H and O–H groups in total. The molecular formula is C17H15N3O3. The van der Waals surface area contributed by atoms with Crippen molar-refractivity contribution in [2.75, 3.05) is 12.4 Å². The van der Waals surface area contributed by atoms with Gasteiger partial charge in [-0.1, -0.05) is 12.1 Å². The molecule has 0 unspecified atom stereocenters. The smallest absolute Gasteiger partial charge is 0.161 e. The van der Waals surface area contributed by atoms with Crippen molar-refractivity contribution in [3.63, 3.8) is 0 Å². The van der Waals surface area contributed by atoms with E-state index in [0.717, 1.165) is 22.9 Å². The zero-order chi connectivity index (χ0) is 16.2. The molecule has 0 atom stereocenters. The van der Waals surface area contributed by atoms with E-state index in [9.17, 15) is 9.90 Å². The number of carbonyl (C=O) groups excluding carboxylic acids is 1. The number of aromatic hydroxyl groups is 1. The third-order valence-electron chi connectivity index (χ3n) is 3.47. The molecule has 0 aliphatic carbocycles. The fourth-order valence-electron chi connectivity index (χ4n) is 2.29. The summed E-state index contributed by atoms with van der Waals surface area (Å²) in [5.41, 5.74) is 2.40. The van der Waals surface area contributed by atoms with E-state index in [1.807, 2.05) is 24.3 Å². The van der Waals surface area contributed by atoms with Gasteiger partial charge in [-0.15, -0.1) is 0 Å². The summed E-state index contributed by atoms with van der Waals surface area (Å²) < 4.78 is 5.13. The Morgan fingerprint density at radius 1 is 1.22 bits per heavy atom. The summed E-state index contributed by atoms with van der Waals surface area (Å²) in [7, 11) is 1.49. The van der Waals surface area contributed by atoms with Gasteiger partial charge in [-0.05, 0) is 23.8 Å². The molecule has 116 valence electrons. The SMILES string of the molecule is COc1cc2c(Nc3ccc(CC=O)cc3)ncnc2cc1O. The van der Waals surface area contributed by atoms with Gasteiger partial charge in [0.05, 0.1) is 12.6 Å². The second-order valence-electron chi connectivity index (χ2n) is 4.96. The second-order valence-corrected chi connectivity index (χ2v) is 4.96. The lowest BCUT2D eigenvalue weighted by Gasteiger charge is -2.10. The third-order valence-corrected chi connectivity index (χ3v) is 3.47. The Morgan fingerprint density at radius 3 is 2.70 bits per heavy atom. The van der Waals surface area contributed by atoms with Crippen LogP contribution in [0.15, 0.2) is 42.7 Å². The monoisotopic (exact) mass is 309 g/mol. The molecule has 0 bridgehead atoms. The van der Waals surface area contributed by atoms with Crippen molar-refractivity contribution in [1.82, 2.24) is 9.97 Å². The molecule has 3 aromatic rings. The standard InChI is InChI=1S/C17H15N3O3/c1-23-16-8-13-14(9-15(16)22)18-10-19-17(13)20-12-4-2-11(3-5-12)6-7-21/h2-5,7-10,22H,6H2,1H3,(H,18,19,20). The van der Waals surface area contributed by atoms with Crippen LogP contribution in [0.25, 0.3) is 10.9 Å². The lowest BCUT2D eigenvalue weighted by atomic mass is 10.1. The summed E-state index contributed by atoms with van der Waals surface area (Å²) in [6.45, 7) is 0. The number of methoxy groups -OCH3 is 1. The molecule has 0 amide bonds. The number of aromatic nitrogens is 2. The van der Waals surface area contributed by atoms with Gasteiger partial charge in [0.2, 0.25) is 0 Å². The molecule has 0 saturated carbocycles. The van der Waals surface area contributed by atoms with Crippen LogP contribution in [0.2, 0.25) is 0 Å². The topological polar surface area (TPSA) is 84.3 Å². The summed E-state index contributed by atoms with van der Waals surface area (Å²) in [6.07, 6.45) is 2.70. The van der Waals surface area contributed by atoms with E-state index in [1.54, 1.807) is 6.07 Å². The van der Waals surface area contributed by atoms with Crippen LogP contribution in [-0.2, 0) is 11.2 Å². The van der Waals surface area contributed by atoms with Crippen molar-refractivity contribution >= 4 is 28.7 Å². The summed E-state index contributed by atoms with van der Waals surface area (Å²) in [4.78, 5) is 18.9. The first kappa shape index (κ1) is 14.8. The maximum Gasteiger partial charge on any atom is 0.161 e. The maximum absolute atomic E-state index is 10.5. The van der Waals surface area contributed by atoms with Gasteiger partial charge in [-0.3, -0.25) is 0 Å². The number of hydrogen-bond donors (Lipinski definition) is 2. The van der Waals surface area contributed by atoms with E-state index < -0.39 is 0 Å². The fraction of sp³-hybridized carbons (Fsp3) is 0.118. The highest BCUT2D eigenvalue weighted by Gasteiger charge is 2.10.